The highest BCUT2D eigenvalue weighted by molar-refractivity contribution is 5.25. The molecule has 0 heterocycles. The zero-order valence-corrected chi connectivity index (χ0v) is 15.4. The second-order valence-corrected chi connectivity index (χ2v) is 7.80. The normalized spacial score (nSPS) is 25.6. The Balaban J connectivity index is 1.67. The van der Waals surface area contributed by atoms with Crippen molar-refractivity contribution in [3.8, 4) is 0 Å². The van der Waals surface area contributed by atoms with Crippen LogP contribution in [0, 0.1) is 11.8 Å². The van der Waals surface area contributed by atoms with Crippen LogP contribution in [0.15, 0.2) is 60.7 Å². The fourth-order valence-corrected chi connectivity index (χ4v) is 4.58. The molecule has 0 saturated heterocycles. The Kier molecular flexibility index (Phi) is 5.40. The van der Waals surface area contributed by atoms with Gasteiger partial charge in [0.05, 0.1) is 0 Å². The lowest BCUT2D eigenvalue weighted by Crippen LogP contribution is -2.45. The average molecular weight is 322 g/mol. The molecule has 0 bridgehead atoms. The fourth-order valence-electron chi connectivity index (χ4n) is 4.58. The first-order valence-corrected chi connectivity index (χ1v) is 9.39. The van der Waals surface area contributed by atoms with Crippen molar-refractivity contribution in [2.75, 3.05) is 14.1 Å². The molecule has 1 nitrogen and oxygen atoms in total. The van der Waals surface area contributed by atoms with E-state index >= 15 is 0 Å². The van der Waals surface area contributed by atoms with Crippen LogP contribution < -0.4 is 0 Å². The standard InChI is InChI=1S/C23H31N/c1-19(18-20-10-6-4-7-11-20)21-14-16-23(17-15-21,24(2)3)22-12-8-5-9-13-22/h4-13,19,21H,14-18H2,1-3H3. The summed E-state index contributed by atoms with van der Waals surface area (Å²) in [5.41, 5.74) is 3.20. The summed E-state index contributed by atoms with van der Waals surface area (Å²) in [7, 11) is 4.50. The number of nitrogens with zero attached hydrogens (tertiary/aromatic N) is 1. The zero-order valence-electron chi connectivity index (χ0n) is 15.4. The topological polar surface area (TPSA) is 3.24 Å². The lowest BCUT2D eigenvalue weighted by Gasteiger charge is -2.46. The summed E-state index contributed by atoms with van der Waals surface area (Å²) >= 11 is 0. The number of benzene rings is 2. The van der Waals surface area contributed by atoms with Crippen LogP contribution in [-0.4, -0.2) is 19.0 Å². The van der Waals surface area contributed by atoms with E-state index in [9.17, 15) is 0 Å². The molecule has 2 aromatic rings. The third-order valence-electron chi connectivity index (χ3n) is 6.23. The van der Waals surface area contributed by atoms with Crippen molar-refractivity contribution >= 4 is 0 Å². The molecule has 0 aromatic heterocycles. The molecule has 1 atom stereocenters. The lowest BCUT2D eigenvalue weighted by atomic mass is 9.68. The van der Waals surface area contributed by atoms with Crippen LogP contribution in [0.3, 0.4) is 0 Å². The monoisotopic (exact) mass is 321 g/mol. The first-order chi connectivity index (χ1) is 11.6. The zero-order chi connectivity index (χ0) is 17.0. The molecule has 0 spiro atoms. The average Bonchev–Trinajstić information content (AvgIpc) is 2.63. The summed E-state index contributed by atoms with van der Waals surface area (Å²) < 4.78 is 0. The molecule has 0 amide bonds. The van der Waals surface area contributed by atoms with Crippen molar-refractivity contribution in [3.63, 3.8) is 0 Å². The Hall–Kier alpha value is -1.60. The Morgan fingerprint density at radius 3 is 2.00 bits per heavy atom. The summed E-state index contributed by atoms with van der Waals surface area (Å²) in [4.78, 5) is 2.46. The molecule has 1 fully saturated rings. The number of hydrogen-bond donors (Lipinski definition) is 0. The third-order valence-corrected chi connectivity index (χ3v) is 6.23. The molecule has 1 unspecified atom stereocenters. The van der Waals surface area contributed by atoms with Gasteiger partial charge in [0.2, 0.25) is 0 Å². The van der Waals surface area contributed by atoms with Gasteiger partial charge in [-0.15, -0.1) is 0 Å². The maximum atomic E-state index is 2.46. The van der Waals surface area contributed by atoms with Gasteiger partial charge in [-0.3, -0.25) is 4.90 Å². The molecular formula is C23H31N. The Labute approximate surface area is 147 Å². The molecular weight excluding hydrogens is 290 g/mol. The van der Waals surface area contributed by atoms with Crippen molar-refractivity contribution in [1.82, 2.24) is 4.90 Å². The Morgan fingerprint density at radius 2 is 1.46 bits per heavy atom. The van der Waals surface area contributed by atoms with E-state index in [4.69, 9.17) is 0 Å². The quantitative estimate of drug-likeness (QED) is 0.701. The number of hydrogen-bond acceptors (Lipinski definition) is 1. The van der Waals surface area contributed by atoms with Crippen LogP contribution >= 0.6 is 0 Å². The lowest BCUT2D eigenvalue weighted by molar-refractivity contribution is 0.0638. The van der Waals surface area contributed by atoms with Crippen LogP contribution in [0.25, 0.3) is 0 Å². The minimum absolute atomic E-state index is 0.226. The predicted octanol–water partition coefficient (Wildman–Crippen LogP) is 5.51. The first-order valence-electron chi connectivity index (χ1n) is 9.39. The predicted molar refractivity (Wildman–Crippen MR) is 103 cm³/mol. The van der Waals surface area contributed by atoms with Crippen molar-refractivity contribution in [3.05, 3.63) is 71.8 Å². The molecule has 1 heteroatoms. The fraction of sp³-hybridized carbons (Fsp3) is 0.478. The van der Waals surface area contributed by atoms with Gasteiger partial charge in [0.25, 0.3) is 0 Å². The summed E-state index contributed by atoms with van der Waals surface area (Å²) in [5.74, 6) is 1.62. The Morgan fingerprint density at radius 1 is 0.917 bits per heavy atom. The molecule has 1 aliphatic rings. The molecule has 0 aliphatic heterocycles. The maximum absolute atomic E-state index is 2.46. The number of rotatable bonds is 5. The summed E-state index contributed by atoms with van der Waals surface area (Å²) in [6, 6.07) is 22.1. The third kappa shape index (κ3) is 3.57. The van der Waals surface area contributed by atoms with Gasteiger partial charge in [-0.05, 0) is 69.2 Å². The minimum Gasteiger partial charge on any atom is -0.300 e. The SMILES string of the molecule is CC(Cc1ccccc1)C1CCC(c2ccccc2)(N(C)C)CC1. The van der Waals surface area contributed by atoms with Crippen molar-refractivity contribution in [2.45, 2.75) is 44.6 Å². The molecule has 3 rings (SSSR count). The van der Waals surface area contributed by atoms with Gasteiger partial charge in [-0.2, -0.15) is 0 Å². The second kappa shape index (κ2) is 7.53. The van der Waals surface area contributed by atoms with Crippen LogP contribution in [0.5, 0.6) is 0 Å². The van der Waals surface area contributed by atoms with Gasteiger partial charge < -0.3 is 0 Å². The van der Waals surface area contributed by atoms with Crippen LogP contribution in [-0.2, 0) is 12.0 Å². The van der Waals surface area contributed by atoms with E-state index in [2.05, 4.69) is 86.6 Å². The molecule has 2 aromatic carbocycles. The maximum Gasteiger partial charge on any atom is 0.0455 e. The van der Waals surface area contributed by atoms with Crippen molar-refractivity contribution in [2.24, 2.45) is 11.8 Å². The van der Waals surface area contributed by atoms with E-state index in [1.165, 1.54) is 43.2 Å². The molecule has 0 N–H and O–H groups in total. The molecule has 1 saturated carbocycles. The Bertz CT molecular complexity index is 609. The van der Waals surface area contributed by atoms with Crippen LogP contribution in [0.4, 0.5) is 0 Å². The highest BCUT2D eigenvalue weighted by atomic mass is 15.1. The van der Waals surface area contributed by atoms with Gasteiger partial charge in [-0.1, -0.05) is 67.6 Å². The summed E-state index contributed by atoms with van der Waals surface area (Å²) in [6.07, 6.45) is 6.43. The molecule has 1 aliphatic carbocycles. The van der Waals surface area contributed by atoms with E-state index in [0.29, 0.717) is 0 Å². The van der Waals surface area contributed by atoms with E-state index < -0.39 is 0 Å². The van der Waals surface area contributed by atoms with Crippen LogP contribution in [0.2, 0.25) is 0 Å². The van der Waals surface area contributed by atoms with Crippen LogP contribution in [0.1, 0.15) is 43.7 Å². The van der Waals surface area contributed by atoms with E-state index in [-0.39, 0.29) is 5.54 Å². The van der Waals surface area contributed by atoms with E-state index in [0.717, 1.165) is 11.8 Å². The molecule has 128 valence electrons. The summed E-state index contributed by atoms with van der Waals surface area (Å²) in [6.45, 7) is 2.45. The van der Waals surface area contributed by atoms with Crippen molar-refractivity contribution in [1.29, 1.82) is 0 Å². The smallest absolute Gasteiger partial charge is 0.0455 e. The van der Waals surface area contributed by atoms with Gasteiger partial charge in [0.1, 0.15) is 0 Å². The van der Waals surface area contributed by atoms with E-state index in [1.807, 2.05) is 0 Å². The highest BCUT2D eigenvalue weighted by Crippen LogP contribution is 2.45. The molecule has 0 radical (unpaired) electrons. The van der Waals surface area contributed by atoms with Gasteiger partial charge >= 0.3 is 0 Å². The van der Waals surface area contributed by atoms with E-state index in [1.54, 1.807) is 0 Å². The van der Waals surface area contributed by atoms with Gasteiger partial charge in [0, 0.05) is 5.54 Å². The van der Waals surface area contributed by atoms with Gasteiger partial charge in [0.15, 0.2) is 0 Å². The largest absolute Gasteiger partial charge is 0.300 e. The van der Waals surface area contributed by atoms with Crippen molar-refractivity contribution < 1.29 is 0 Å². The van der Waals surface area contributed by atoms with Gasteiger partial charge in [-0.25, -0.2) is 0 Å². The molecule has 24 heavy (non-hydrogen) atoms. The summed E-state index contributed by atoms with van der Waals surface area (Å²) in [5, 5.41) is 0. The second-order valence-electron chi connectivity index (χ2n) is 7.80. The highest BCUT2D eigenvalue weighted by Gasteiger charge is 2.39. The first kappa shape index (κ1) is 17.2. The minimum atomic E-state index is 0.226.